The van der Waals surface area contributed by atoms with Gasteiger partial charge in [-0.1, -0.05) is 18.2 Å². The van der Waals surface area contributed by atoms with Gasteiger partial charge in [0.2, 0.25) is 0 Å². The molecule has 0 radical (unpaired) electrons. The zero-order chi connectivity index (χ0) is 17.6. The second kappa shape index (κ2) is 6.28. The van der Waals surface area contributed by atoms with Crippen molar-refractivity contribution in [2.75, 3.05) is 20.2 Å². The lowest BCUT2D eigenvalue weighted by Crippen LogP contribution is -2.55. The first-order valence-corrected chi connectivity index (χ1v) is 8.77. The molecule has 2 bridgehead atoms. The van der Waals surface area contributed by atoms with Gasteiger partial charge < -0.3 is 9.84 Å². The topological polar surface area (TPSA) is 45.6 Å². The van der Waals surface area contributed by atoms with Gasteiger partial charge in [-0.05, 0) is 48.1 Å². The minimum atomic E-state index is -0.557. The number of aliphatic hydroxyl groups excluding tert-OH is 1. The molecule has 3 fully saturated rings. The van der Waals surface area contributed by atoms with Crippen molar-refractivity contribution in [2.45, 2.75) is 18.6 Å². The van der Waals surface area contributed by atoms with E-state index >= 15 is 0 Å². The van der Waals surface area contributed by atoms with Crippen LogP contribution in [0.4, 0.5) is 0 Å². The number of aliphatic hydroxyl groups is 1. The van der Waals surface area contributed by atoms with E-state index in [4.69, 9.17) is 4.74 Å². The number of piperidine rings is 3. The van der Waals surface area contributed by atoms with Gasteiger partial charge in [0.25, 0.3) is 0 Å². The summed E-state index contributed by atoms with van der Waals surface area (Å²) in [4.78, 5) is 6.78. The third-order valence-corrected chi connectivity index (χ3v) is 5.83. The van der Waals surface area contributed by atoms with E-state index in [1.807, 2.05) is 30.3 Å². The fourth-order valence-corrected chi connectivity index (χ4v) is 4.45. The molecule has 5 atom stereocenters. The molecule has 4 heteroatoms. The fraction of sp³-hybridized carbons (Fsp3) is 0.381. The molecule has 2 aromatic rings. The lowest BCUT2D eigenvalue weighted by Gasteiger charge is -2.51. The lowest BCUT2D eigenvalue weighted by atomic mass is 9.71. The first-order chi connectivity index (χ1) is 12.1. The lowest BCUT2D eigenvalue weighted by molar-refractivity contribution is -0.0191. The monoisotopic (exact) mass is 336 g/mol. The molecule has 3 saturated heterocycles. The average Bonchev–Trinajstić information content (AvgIpc) is 2.66. The summed E-state index contributed by atoms with van der Waals surface area (Å²) < 4.78 is 5.35. The van der Waals surface area contributed by atoms with Gasteiger partial charge in [-0.15, -0.1) is 6.58 Å². The second-order valence-electron chi connectivity index (χ2n) is 7.12. The van der Waals surface area contributed by atoms with E-state index in [1.54, 1.807) is 13.3 Å². The molecule has 1 aromatic carbocycles. The number of fused-ring (bicyclic) bond motifs is 4. The van der Waals surface area contributed by atoms with E-state index < -0.39 is 6.10 Å². The summed E-state index contributed by atoms with van der Waals surface area (Å²) in [7, 11) is 1.65. The molecule has 5 rings (SSSR count). The van der Waals surface area contributed by atoms with Crippen molar-refractivity contribution in [2.24, 2.45) is 11.8 Å². The van der Waals surface area contributed by atoms with Crippen LogP contribution in [0.1, 0.15) is 18.1 Å². The molecule has 4 nitrogen and oxygen atoms in total. The standard InChI is InChI=1S/C21H24N2O2/c1-4-14-12-23-11-13(2)17(14)10-20(23)21(24)16-7-8-22-19-6-5-15(25-3)9-18(16)19/h4-9,14,17,20-21,24H,1-2,10-12H2,3H3/t14-,17?,20-,21+/m0/s1. The molecule has 130 valence electrons. The van der Waals surface area contributed by atoms with E-state index in [2.05, 4.69) is 23.0 Å². The number of aromatic nitrogens is 1. The second-order valence-corrected chi connectivity index (χ2v) is 7.12. The molecule has 0 amide bonds. The highest BCUT2D eigenvalue weighted by atomic mass is 16.5. The third kappa shape index (κ3) is 2.66. The minimum Gasteiger partial charge on any atom is -0.497 e. The molecule has 0 spiro atoms. The molecule has 25 heavy (non-hydrogen) atoms. The highest BCUT2D eigenvalue weighted by Gasteiger charge is 2.44. The Kier molecular flexibility index (Phi) is 4.10. The predicted octanol–water partition coefficient (Wildman–Crippen LogP) is 3.34. The van der Waals surface area contributed by atoms with Crippen LogP contribution in [0.15, 0.2) is 55.3 Å². The van der Waals surface area contributed by atoms with Crippen LogP contribution < -0.4 is 4.74 Å². The molecule has 4 heterocycles. The van der Waals surface area contributed by atoms with Crippen molar-refractivity contribution in [1.82, 2.24) is 9.88 Å². The predicted molar refractivity (Wildman–Crippen MR) is 99.5 cm³/mol. The van der Waals surface area contributed by atoms with Gasteiger partial charge in [-0.25, -0.2) is 0 Å². The average molecular weight is 336 g/mol. The van der Waals surface area contributed by atoms with Crippen molar-refractivity contribution in [3.05, 3.63) is 60.8 Å². The summed E-state index contributed by atoms with van der Waals surface area (Å²) in [5, 5.41) is 12.2. The Labute approximate surface area is 148 Å². The molecular formula is C21H24N2O2. The van der Waals surface area contributed by atoms with Crippen LogP contribution in [-0.2, 0) is 0 Å². The van der Waals surface area contributed by atoms with Crippen LogP contribution in [0, 0.1) is 11.8 Å². The molecule has 0 saturated carbocycles. The summed E-state index contributed by atoms with van der Waals surface area (Å²) in [6.45, 7) is 10.0. The summed E-state index contributed by atoms with van der Waals surface area (Å²) in [5.41, 5.74) is 3.06. The quantitative estimate of drug-likeness (QED) is 0.870. The fourth-order valence-electron chi connectivity index (χ4n) is 4.45. The van der Waals surface area contributed by atoms with Gasteiger partial charge in [-0.2, -0.15) is 0 Å². The van der Waals surface area contributed by atoms with Crippen LogP contribution in [0.5, 0.6) is 5.75 Å². The van der Waals surface area contributed by atoms with Crippen LogP contribution in [0.3, 0.4) is 0 Å². The number of methoxy groups -OCH3 is 1. The summed E-state index contributed by atoms with van der Waals surface area (Å²) in [6.07, 6.45) is 4.18. The number of ether oxygens (including phenoxy) is 1. The SMILES string of the molecule is C=C[C@H]1CN2CC(=C)C1C[C@H]2[C@H](O)c1ccnc2ccc(OC)cc12. The molecule has 1 aromatic heterocycles. The van der Waals surface area contributed by atoms with Crippen molar-refractivity contribution < 1.29 is 9.84 Å². The van der Waals surface area contributed by atoms with E-state index in [-0.39, 0.29) is 6.04 Å². The van der Waals surface area contributed by atoms with Crippen molar-refractivity contribution in [1.29, 1.82) is 0 Å². The van der Waals surface area contributed by atoms with Crippen molar-refractivity contribution >= 4 is 10.9 Å². The van der Waals surface area contributed by atoms with Crippen LogP contribution in [-0.4, -0.2) is 41.2 Å². The number of benzene rings is 1. The maximum Gasteiger partial charge on any atom is 0.119 e. The van der Waals surface area contributed by atoms with Crippen molar-refractivity contribution in [3.8, 4) is 5.75 Å². The van der Waals surface area contributed by atoms with Crippen LogP contribution >= 0.6 is 0 Å². The molecule has 3 aliphatic rings. The van der Waals surface area contributed by atoms with E-state index in [1.165, 1.54) is 5.57 Å². The zero-order valence-electron chi connectivity index (χ0n) is 14.6. The van der Waals surface area contributed by atoms with Gasteiger partial charge in [0, 0.05) is 30.7 Å². The summed E-state index contributed by atoms with van der Waals surface area (Å²) in [6, 6.07) is 7.82. The third-order valence-electron chi connectivity index (χ3n) is 5.83. The first kappa shape index (κ1) is 16.3. The van der Waals surface area contributed by atoms with Gasteiger partial charge in [0.05, 0.1) is 18.7 Å². The Hall–Kier alpha value is -2.17. The normalized spacial score (nSPS) is 29.6. The first-order valence-electron chi connectivity index (χ1n) is 8.77. The van der Waals surface area contributed by atoms with Gasteiger partial charge in [0.15, 0.2) is 0 Å². The highest BCUT2D eigenvalue weighted by Crippen LogP contribution is 2.44. The Morgan fingerprint density at radius 3 is 2.96 bits per heavy atom. The maximum absolute atomic E-state index is 11.2. The number of hydrogen-bond acceptors (Lipinski definition) is 4. The van der Waals surface area contributed by atoms with Gasteiger partial charge in [-0.3, -0.25) is 9.88 Å². The smallest absolute Gasteiger partial charge is 0.119 e. The number of rotatable bonds is 4. The van der Waals surface area contributed by atoms with E-state index in [0.29, 0.717) is 11.8 Å². The zero-order valence-corrected chi connectivity index (χ0v) is 14.6. The van der Waals surface area contributed by atoms with Gasteiger partial charge in [0.1, 0.15) is 5.75 Å². The summed E-state index contributed by atoms with van der Waals surface area (Å²) in [5.74, 6) is 1.64. The van der Waals surface area contributed by atoms with E-state index in [0.717, 1.165) is 41.7 Å². The molecule has 2 unspecified atom stereocenters. The Bertz CT molecular complexity index is 832. The van der Waals surface area contributed by atoms with Gasteiger partial charge >= 0.3 is 0 Å². The molecule has 1 N–H and O–H groups in total. The van der Waals surface area contributed by atoms with E-state index in [9.17, 15) is 5.11 Å². The molecular weight excluding hydrogens is 312 g/mol. The largest absolute Gasteiger partial charge is 0.497 e. The number of nitrogens with zero attached hydrogens (tertiary/aromatic N) is 2. The molecule has 3 aliphatic heterocycles. The summed E-state index contributed by atoms with van der Waals surface area (Å²) >= 11 is 0. The Morgan fingerprint density at radius 2 is 2.24 bits per heavy atom. The Balaban J connectivity index is 1.70. The number of pyridine rings is 1. The van der Waals surface area contributed by atoms with Crippen molar-refractivity contribution in [3.63, 3.8) is 0 Å². The van der Waals surface area contributed by atoms with Crippen LogP contribution in [0.2, 0.25) is 0 Å². The highest BCUT2D eigenvalue weighted by molar-refractivity contribution is 5.84. The Morgan fingerprint density at radius 1 is 1.40 bits per heavy atom. The maximum atomic E-state index is 11.2. The molecule has 0 aliphatic carbocycles. The minimum absolute atomic E-state index is 0.100. The van der Waals surface area contributed by atoms with Crippen LogP contribution in [0.25, 0.3) is 10.9 Å². The number of hydrogen-bond donors (Lipinski definition) is 1.